The third-order valence-electron chi connectivity index (χ3n) is 5.11. The Bertz CT molecular complexity index is 647. The van der Waals surface area contributed by atoms with E-state index in [1.807, 2.05) is 30.3 Å². The summed E-state index contributed by atoms with van der Waals surface area (Å²) < 4.78 is 0. The first kappa shape index (κ1) is 13.8. The Kier molecular flexibility index (Phi) is 3.41. The lowest BCUT2D eigenvalue weighted by Gasteiger charge is -2.23. The summed E-state index contributed by atoms with van der Waals surface area (Å²) in [6.07, 6.45) is 5.15. The zero-order valence-corrected chi connectivity index (χ0v) is 12.9. The van der Waals surface area contributed by atoms with Gasteiger partial charge in [-0.2, -0.15) is 0 Å². The van der Waals surface area contributed by atoms with Crippen molar-refractivity contribution in [3.05, 3.63) is 36.0 Å². The van der Waals surface area contributed by atoms with Gasteiger partial charge < -0.3 is 15.2 Å². The maximum atomic E-state index is 12.4. The van der Waals surface area contributed by atoms with Gasteiger partial charge in [-0.3, -0.25) is 4.79 Å². The molecule has 1 saturated carbocycles. The highest BCUT2D eigenvalue weighted by atomic mass is 16.1. The number of aromatic nitrogens is 1. The molecule has 4 nitrogen and oxygen atoms in total. The van der Waals surface area contributed by atoms with E-state index in [0.717, 1.165) is 24.0 Å². The molecule has 4 heteroatoms. The van der Waals surface area contributed by atoms with Crippen molar-refractivity contribution in [3.63, 3.8) is 0 Å². The molecule has 116 valence electrons. The van der Waals surface area contributed by atoms with Gasteiger partial charge in [-0.1, -0.05) is 18.2 Å². The number of likely N-dealkylation sites (tertiary alicyclic amines) is 1. The molecule has 2 aliphatic rings. The van der Waals surface area contributed by atoms with Crippen LogP contribution in [0.2, 0.25) is 0 Å². The number of nitrogens with one attached hydrogen (secondary N) is 2. The largest absolute Gasteiger partial charge is 0.351 e. The number of rotatable bonds is 5. The molecule has 2 fully saturated rings. The summed E-state index contributed by atoms with van der Waals surface area (Å²) in [5.41, 5.74) is 2.02. The molecule has 1 aromatic heterocycles. The Labute approximate surface area is 130 Å². The van der Waals surface area contributed by atoms with Crippen molar-refractivity contribution in [1.82, 2.24) is 15.2 Å². The molecular weight excluding hydrogens is 274 g/mol. The first-order chi connectivity index (χ1) is 10.7. The van der Waals surface area contributed by atoms with Crippen LogP contribution >= 0.6 is 0 Å². The monoisotopic (exact) mass is 297 g/mol. The third kappa shape index (κ3) is 2.75. The van der Waals surface area contributed by atoms with Crippen molar-refractivity contribution >= 4 is 16.8 Å². The molecule has 0 radical (unpaired) electrons. The number of H-pyrrole nitrogens is 1. The van der Waals surface area contributed by atoms with E-state index in [1.54, 1.807) is 0 Å². The molecule has 0 spiro atoms. The lowest BCUT2D eigenvalue weighted by atomic mass is 10.1. The second kappa shape index (κ2) is 5.43. The van der Waals surface area contributed by atoms with Crippen LogP contribution in [0, 0.1) is 5.41 Å². The number of amides is 1. The van der Waals surface area contributed by atoms with Crippen molar-refractivity contribution in [2.24, 2.45) is 5.41 Å². The zero-order chi connectivity index (χ0) is 15.0. The van der Waals surface area contributed by atoms with Crippen molar-refractivity contribution in [3.8, 4) is 0 Å². The Hall–Kier alpha value is -1.81. The van der Waals surface area contributed by atoms with Crippen molar-refractivity contribution in [2.45, 2.75) is 25.7 Å². The maximum absolute atomic E-state index is 12.4. The van der Waals surface area contributed by atoms with Gasteiger partial charge in [0.2, 0.25) is 0 Å². The second-order valence-corrected chi connectivity index (χ2v) is 6.94. The van der Waals surface area contributed by atoms with E-state index in [2.05, 4.69) is 15.2 Å². The summed E-state index contributed by atoms with van der Waals surface area (Å²) in [7, 11) is 0. The van der Waals surface area contributed by atoms with Gasteiger partial charge in [-0.05, 0) is 50.9 Å². The maximum Gasteiger partial charge on any atom is 0.267 e. The first-order valence-electron chi connectivity index (χ1n) is 8.33. The molecule has 1 amide bonds. The van der Waals surface area contributed by atoms with Gasteiger partial charge in [-0.25, -0.2) is 0 Å². The van der Waals surface area contributed by atoms with Crippen LogP contribution in [-0.4, -0.2) is 42.0 Å². The van der Waals surface area contributed by atoms with Gasteiger partial charge in [-0.15, -0.1) is 0 Å². The summed E-state index contributed by atoms with van der Waals surface area (Å²) in [6.45, 7) is 4.42. The van der Waals surface area contributed by atoms with Crippen molar-refractivity contribution in [1.29, 1.82) is 0 Å². The predicted octanol–water partition coefficient (Wildman–Crippen LogP) is 2.77. The standard InChI is InChI=1S/C18H23N3O/c22-17(16-11-14-5-1-2-6-15(14)20-16)19-12-18(7-8-18)13-21-9-3-4-10-21/h1-2,5-6,11,20H,3-4,7-10,12-13H2,(H,19,22). The highest BCUT2D eigenvalue weighted by Crippen LogP contribution is 2.46. The fourth-order valence-electron chi connectivity index (χ4n) is 3.54. The average Bonchev–Trinajstić information content (AvgIpc) is 2.94. The van der Waals surface area contributed by atoms with Gasteiger partial charge >= 0.3 is 0 Å². The summed E-state index contributed by atoms with van der Waals surface area (Å²) >= 11 is 0. The average molecular weight is 297 g/mol. The van der Waals surface area contributed by atoms with E-state index in [0.29, 0.717) is 11.1 Å². The fourth-order valence-corrected chi connectivity index (χ4v) is 3.54. The Morgan fingerprint density at radius 1 is 1.23 bits per heavy atom. The van der Waals surface area contributed by atoms with Crippen molar-refractivity contribution in [2.75, 3.05) is 26.2 Å². The highest BCUT2D eigenvalue weighted by Gasteiger charge is 2.44. The zero-order valence-electron chi connectivity index (χ0n) is 12.9. The van der Waals surface area contributed by atoms with E-state index >= 15 is 0 Å². The minimum atomic E-state index is 0.0175. The van der Waals surface area contributed by atoms with Crippen LogP contribution < -0.4 is 5.32 Å². The van der Waals surface area contributed by atoms with Crippen LogP contribution in [-0.2, 0) is 0 Å². The van der Waals surface area contributed by atoms with Crippen LogP contribution in [0.15, 0.2) is 30.3 Å². The highest BCUT2D eigenvalue weighted by molar-refractivity contribution is 5.98. The van der Waals surface area contributed by atoms with E-state index < -0.39 is 0 Å². The summed E-state index contributed by atoms with van der Waals surface area (Å²) in [4.78, 5) is 18.1. The summed E-state index contributed by atoms with van der Waals surface area (Å²) in [6, 6.07) is 9.94. The molecule has 1 aliphatic heterocycles. The van der Waals surface area contributed by atoms with E-state index in [1.165, 1.54) is 38.8 Å². The lowest BCUT2D eigenvalue weighted by molar-refractivity contribution is 0.0936. The van der Waals surface area contributed by atoms with Gasteiger partial charge in [0.15, 0.2) is 0 Å². The SMILES string of the molecule is O=C(NCC1(CN2CCCC2)CC1)c1cc2ccccc2[nH]1. The molecule has 0 bridgehead atoms. The van der Waals surface area contributed by atoms with Gasteiger partial charge in [0.25, 0.3) is 5.91 Å². The normalized spacial score (nSPS) is 20.4. The summed E-state index contributed by atoms with van der Waals surface area (Å²) in [5.74, 6) is 0.0175. The fraction of sp³-hybridized carbons (Fsp3) is 0.500. The van der Waals surface area contributed by atoms with Gasteiger partial charge in [0, 0.05) is 29.4 Å². The minimum absolute atomic E-state index is 0.0175. The van der Waals surface area contributed by atoms with E-state index in [4.69, 9.17) is 0 Å². The molecule has 0 atom stereocenters. The topological polar surface area (TPSA) is 48.1 Å². The number of para-hydroxylation sites is 1. The quantitative estimate of drug-likeness (QED) is 0.891. The Morgan fingerprint density at radius 3 is 2.73 bits per heavy atom. The van der Waals surface area contributed by atoms with Crippen LogP contribution in [0.5, 0.6) is 0 Å². The Morgan fingerprint density at radius 2 is 2.00 bits per heavy atom. The molecule has 1 saturated heterocycles. The molecule has 22 heavy (non-hydrogen) atoms. The second-order valence-electron chi connectivity index (χ2n) is 6.94. The van der Waals surface area contributed by atoms with Crippen LogP contribution in [0.1, 0.15) is 36.2 Å². The lowest BCUT2D eigenvalue weighted by Crippen LogP contribution is -2.37. The number of hydrogen-bond acceptors (Lipinski definition) is 2. The Balaban J connectivity index is 1.37. The van der Waals surface area contributed by atoms with Crippen LogP contribution in [0.25, 0.3) is 10.9 Å². The number of nitrogens with zero attached hydrogens (tertiary/aromatic N) is 1. The number of fused-ring (bicyclic) bond motifs is 1. The van der Waals surface area contributed by atoms with Crippen molar-refractivity contribution < 1.29 is 4.79 Å². The number of hydrogen-bond donors (Lipinski definition) is 2. The molecule has 2 heterocycles. The molecule has 2 N–H and O–H groups in total. The molecule has 2 aromatic rings. The summed E-state index contributed by atoms with van der Waals surface area (Å²) in [5, 5.41) is 4.23. The number of benzene rings is 1. The molecule has 0 unspecified atom stereocenters. The minimum Gasteiger partial charge on any atom is -0.351 e. The number of carbonyl (C=O) groups excluding carboxylic acids is 1. The van der Waals surface area contributed by atoms with Gasteiger partial charge in [0.1, 0.15) is 5.69 Å². The van der Waals surface area contributed by atoms with Crippen LogP contribution in [0.4, 0.5) is 0 Å². The predicted molar refractivity (Wildman–Crippen MR) is 88.0 cm³/mol. The number of carbonyl (C=O) groups is 1. The first-order valence-corrected chi connectivity index (χ1v) is 8.33. The molecular formula is C18H23N3O. The smallest absolute Gasteiger partial charge is 0.267 e. The molecule has 4 rings (SSSR count). The van der Waals surface area contributed by atoms with E-state index in [-0.39, 0.29) is 5.91 Å². The van der Waals surface area contributed by atoms with Gasteiger partial charge in [0.05, 0.1) is 0 Å². The van der Waals surface area contributed by atoms with E-state index in [9.17, 15) is 4.79 Å². The molecule has 1 aliphatic carbocycles. The molecule has 1 aromatic carbocycles. The third-order valence-corrected chi connectivity index (χ3v) is 5.11. The van der Waals surface area contributed by atoms with Crippen LogP contribution in [0.3, 0.4) is 0 Å². The number of aromatic amines is 1.